The van der Waals surface area contributed by atoms with E-state index in [0.29, 0.717) is 6.54 Å². The number of rotatable bonds is 3. The third-order valence-corrected chi connectivity index (χ3v) is 4.93. The molecule has 1 unspecified atom stereocenters. The number of urea groups is 1. The van der Waals surface area contributed by atoms with Gasteiger partial charge in [0.05, 0.1) is 29.5 Å². The molecular weight excluding hydrogens is 286 g/mol. The van der Waals surface area contributed by atoms with Crippen LogP contribution in [0.3, 0.4) is 0 Å². The molecule has 1 saturated heterocycles. The van der Waals surface area contributed by atoms with Crippen molar-refractivity contribution in [3.05, 3.63) is 15.6 Å². The van der Waals surface area contributed by atoms with E-state index in [-0.39, 0.29) is 23.3 Å². The average molecular weight is 311 g/mol. The smallest absolute Gasteiger partial charge is 0.315 e. The van der Waals surface area contributed by atoms with Gasteiger partial charge in [-0.2, -0.15) is 0 Å². The molecule has 1 aliphatic rings. The molecule has 5 nitrogen and oxygen atoms in total. The fraction of sp³-hybridized carbons (Fsp3) is 0.733. The highest BCUT2D eigenvalue weighted by Gasteiger charge is 2.46. The topological polar surface area (TPSA) is 63.2 Å². The van der Waals surface area contributed by atoms with Crippen molar-refractivity contribution >= 4 is 17.4 Å². The molecule has 1 atom stereocenters. The lowest BCUT2D eigenvalue weighted by atomic mass is 9.95. The van der Waals surface area contributed by atoms with E-state index in [4.69, 9.17) is 4.74 Å². The minimum atomic E-state index is -0.352. The summed E-state index contributed by atoms with van der Waals surface area (Å²) in [7, 11) is 0. The number of nitrogens with zero attached hydrogens (tertiary/aromatic N) is 1. The Kier molecular flexibility index (Phi) is 4.31. The molecule has 1 aromatic heterocycles. The van der Waals surface area contributed by atoms with E-state index in [0.717, 1.165) is 17.1 Å². The molecule has 0 spiro atoms. The third-order valence-electron chi connectivity index (χ3n) is 3.85. The largest absolute Gasteiger partial charge is 0.367 e. The fourth-order valence-corrected chi connectivity index (χ4v) is 3.64. The van der Waals surface area contributed by atoms with Crippen LogP contribution in [0.5, 0.6) is 0 Å². The van der Waals surface area contributed by atoms with Gasteiger partial charge in [-0.1, -0.05) is 0 Å². The van der Waals surface area contributed by atoms with Gasteiger partial charge in [-0.3, -0.25) is 0 Å². The van der Waals surface area contributed by atoms with E-state index in [2.05, 4.69) is 29.5 Å². The van der Waals surface area contributed by atoms with Crippen molar-refractivity contribution in [3.63, 3.8) is 0 Å². The highest BCUT2D eigenvalue weighted by molar-refractivity contribution is 7.11. The van der Waals surface area contributed by atoms with Crippen LogP contribution in [0.4, 0.5) is 4.79 Å². The number of nitrogens with one attached hydrogen (secondary N) is 2. The molecule has 118 valence electrons. The zero-order chi connectivity index (χ0) is 15.8. The Morgan fingerprint density at radius 3 is 2.52 bits per heavy atom. The van der Waals surface area contributed by atoms with Gasteiger partial charge in [0.2, 0.25) is 0 Å². The van der Waals surface area contributed by atoms with Gasteiger partial charge in [0.25, 0.3) is 0 Å². The Morgan fingerprint density at radius 2 is 2.05 bits per heavy atom. The van der Waals surface area contributed by atoms with E-state index in [1.807, 2.05) is 27.7 Å². The molecule has 2 amide bonds. The van der Waals surface area contributed by atoms with Gasteiger partial charge in [0.15, 0.2) is 0 Å². The summed E-state index contributed by atoms with van der Waals surface area (Å²) >= 11 is 1.62. The molecule has 2 heterocycles. The van der Waals surface area contributed by atoms with Gasteiger partial charge in [-0.25, -0.2) is 9.78 Å². The lowest BCUT2D eigenvalue weighted by Gasteiger charge is -2.27. The summed E-state index contributed by atoms with van der Waals surface area (Å²) in [5.74, 6) is 0. The molecule has 6 heteroatoms. The highest BCUT2D eigenvalue weighted by atomic mass is 32.1. The van der Waals surface area contributed by atoms with Crippen LogP contribution in [-0.2, 0) is 11.3 Å². The summed E-state index contributed by atoms with van der Waals surface area (Å²) in [5, 5.41) is 6.82. The van der Waals surface area contributed by atoms with E-state index in [1.165, 1.54) is 4.88 Å². The van der Waals surface area contributed by atoms with Gasteiger partial charge in [-0.15, -0.1) is 11.3 Å². The molecule has 2 N–H and O–H groups in total. The Balaban J connectivity index is 1.87. The quantitative estimate of drug-likeness (QED) is 0.902. The van der Waals surface area contributed by atoms with Crippen LogP contribution >= 0.6 is 11.3 Å². The second-order valence-electron chi connectivity index (χ2n) is 6.80. The SMILES string of the molecule is Cc1nc(CNC(=O)NC2CC(C)(C)OC2(C)C)sc1C. The standard InChI is InChI=1S/C15H25N3O2S/c1-9-10(2)21-12(17-9)8-16-13(19)18-11-7-14(3,4)20-15(11,5)6/h11H,7-8H2,1-6H3,(H2,16,18,19). The lowest BCUT2D eigenvalue weighted by molar-refractivity contribution is -0.0690. The van der Waals surface area contributed by atoms with Crippen LogP contribution in [0.25, 0.3) is 0 Å². The van der Waals surface area contributed by atoms with Crippen LogP contribution < -0.4 is 10.6 Å². The third kappa shape index (κ3) is 3.95. The maximum absolute atomic E-state index is 12.1. The van der Waals surface area contributed by atoms with Gasteiger partial charge in [0.1, 0.15) is 5.01 Å². The van der Waals surface area contributed by atoms with Crippen molar-refractivity contribution in [1.29, 1.82) is 0 Å². The van der Waals surface area contributed by atoms with Gasteiger partial charge < -0.3 is 15.4 Å². The van der Waals surface area contributed by atoms with Crippen molar-refractivity contribution < 1.29 is 9.53 Å². The van der Waals surface area contributed by atoms with Crippen LogP contribution in [0.15, 0.2) is 0 Å². The summed E-state index contributed by atoms with van der Waals surface area (Å²) in [4.78, 5) is 17.7. The number of amides is 2. The Hall–Kier alpha value is -1.14. The minimum absolute atomic E-state index is 0.00673. The van der Waals surface area contributed by atoms with Crippen molar-refractivity contribution in [2.24, 2.45) is 0 Å². The Bertz CT molecular complexity index is 518. The lowest BCUT2D eigenvalue weighted by Crippen LogP contribution is -2.49. The number of aryl methyl sites for hydroxylation is 2. The molecular formula is C15H25N3O2S. The van der Waals surface area contributed by atoms with Crippen LogP contribution in [-0.4, -0.2) is 28.3 Å². The van der Waals surface area contributed by atoms with Crippen LogP contribution in [0.1, 0.15) is 49.7 Å². The predicted octanol–water partition coefficient (Wildman–Crippen LogP) is 2.91. The highest BCUT2D eigenvalue weighted by Crippen LogP contribution is 2.37. The molecule has 0 aliphatic carbocycles. The molecule has 0 aromatic carbocycles. The first-order valence-corrected chi connectivity index (χ1v) is 8.08. The Labute approximate surface area is 130 Å². The normalized spacial score (nSPS) is 23.0. The first-order chi connectivity index (χ1) is 9.59. The van der Waals surface area contributed by atoms with E-state index >= 15 is 0 Å². The molecule has 21 heavy (non-hydrogen) atoms. The number of hydrogen-bond acceptors (Lipinski definition) is 4. The van der Waals surface area contributed by atoms with E-state index in [9.17, 15) is 4.79 Å². The molecule has 2 rings (SSSR count). The summed E-state index contributed by atoms with van der Waals surface area (Å²) in [5.41, 5.74) is 0.476. The summed E-state index contributed by atoms with van der Waals surface area (Å²) in [6.07, 6.45) is 0.808. The average Bonchev–Trinajstić information content (AvgIpc) is 2.73. The molecule has 0 bridgehead atoms. The minimum Gasteiger partial charge on any atom is -0.367 e. The van der Waals surface area contributed by atoms with E-state index < -0.39 is 0 Å². The van der Waals surface area contributed by atoms with Crippen molar-refractivity contribution in [1.82, 2.24) is 15.6 Å². The zero-order valence-electron chi connectivity index (χ0n) is 13.7. The maximum atomic E-state index is 12.1. The van der Waals surface area contributed by atoms with Gasteiger partial charge in [-0.05, 0) is 48.0 Å². The van der Waals surface area contributed by atoms with Crippen LogP contribution in [0, 0.1) is 13.8 Å². The first-order valence-electron chi connectivity index (χ1n) is 7.26. The molecule has 0 saturated carbocycles. The molecule has 1 aliphatic heterocycles. The van der Waals surface area contributed by atoms with Gasteiger partial charge >= 0.3 is 6.03 Å². The number of carbonyl (C=O) groups excluding carboxylic acids is 1. The van der Waals surface area contributed by atoms with E-state index in [1.54, 1.807) is 11.3 Å². The number of aromatic nitrogens is 1. The number of carbonyl (C=O) groups is 1. The number of thiazole rings is 1. The summed E-state index contributed by atoms with van der Waals surface area (Å²) < 4.78 is 5.98. The number of ether oxygens (including phenoxy) is 1. The van der Waals surface area contributed by atoms with Crippen molar-refractivity contribution in [2.75, 3.05) is 0 Å². The zero-order valence-corrected chi connectivity index (χ0v) is 14.5. The Morgan fingerprint density at radius 1 is 1.38 bits per heavy atom. The van der Waals surface area contributed by atoms with Crippen molar-refractivity contribution in [3.8, 4) is 0 Å². The molecule has 0 radical (unpaired) electrons. The molecule has 1 fully saturated rings. The fourth-order valence-electron chi connectivity index (χ4n) is 2.77. The predicted molar refractivity (Wildman–Crippen MR) is 84.6 cm³/mol. The second-order valence-corrected chi connectivity index (χ2v) is 8.09. The second kappa shape index (κ2) is 5.57. The maximum Gasteiger partial charge on any atom is 0.315 e. The van der Waals surface area contributed by atoms with Gasteiger partial charge in [0, 0.05) is 4.88 Å². The summed E-state index contributed by atoms with van der Waals surface area (Å²) in [6.45, 7) is 12.6. The number of hydrogen-bond donors (Lipinski definition) is 2. The summed E-state index contributed by atoms with van der Waals surface area (Å²) in [6, 6.07) is -0.160. The first kappa shape index (κ1) is 16.2. The molecule has 1 aromatic rings. The van der Waals surface area contributed by atoms with Crippen LogP contribution in [0.2, 0.25) is 0 Å². The monoisotopic (exact) mass is 311 g/mol. The van der Waals surface area contributed by atoms with Crippen molar-refractivity contribution in [2.45, 2.75) is 71.8 Å².